The number of carbonyl (C=O) groups excluding carboxylic acids is 1. The number of para-hydroxylation sites is 1. The molecule has 0 unspecified atom stereocenters. The summed E-state index contributed by atoms with van der Waals surface area (Å²) in [4.78, 5) is 12.5. The molecule has 0 amide bonds. The molecular formula is C15H7Cl3O2. The van der Waals surface area contributed by atoms with E-state index in [-0.39, 0.29) is 27.2 Å². The third kappa shape index (κ3) is 2.20. The van der Waals surface area contributed by atoms with Gasteiger partial charge in [0.1, 0.15) is 0 Å². The molecule has 20 heavy (non-hydrogen) atoms. The van der Waals surface area contributed by atoms with E-state index >= 15 is 0 Å². The Morgan fingerprint density at radius 1 is 0.900 bits per heavy atom. The third-order valence-corrected chi connectivity index (χ3v) is 3.84. The van der Waals surface area contributed by atoms with Crippen LogP contribution in [0.2, 0.25) is 15.1 Å². The predicted octanol–water partition coefficient (Wildman–Crippen LogP) is 5.62. The summed E-state index contributed by atoms with van der Waals surface area (Å²) in [5.74, 6) is -0.212. The van der Waals surface area contributed by atoms with Gasteiger partial charge in [-0.05, 0) is 24.3 Å². The average Bonchev–Trinajstić information content (AvgIpc) is 2.84. The molecule has 0 aliphatic carbocycles. The molecule has 5 heteroatoms. The molecule has 0 atom stereocenters. The second kappa shape index (κ2) is 5.13. The molecule has 1 aromatic heterocycles. The first-order chi connectivity index (χ1) is 9.58. The highest BCUT2D eigenvalue weighted by molar-refractivity contribution is 6.41. The zero-order chi connectivity index (χ0) is 14.3. The summed E-state index contributed by atoms with van der Waals surface area (Å²) in [6.07, 6.45) is 0. The van der Waals surface area contributed by atoms with Gasteiger partial charge in [-0.1, -0.05) is 53.0 Å². The van der Waals surface area contributed by atoms with Crippen molar-refractivity contribution in [1.82, 2.24) is 0 Å². The van der Waals surface area contributed by atoms with E-state index in [4.69, 9.17) is 39.2 Å². The molecule has 3 aromatic rings. The van der Waals surface area contributed by atoms with Crippen LogP contribution in [0.15, 0.2) is 46.9 Å². The van der Waals surface area contributed by atoms with Gasteiger partial charge in [0.05, 0.1) is 20.6 Å². The number of halogens is 3. The largest absolute Gasteiger partial charge is 0.451 e. The fraction of sp³-hybridized carbons (Fsp3) is 0. The second-order valence-corrected chi connectivity index (χ2v) is 5.42. The third-order valence-electron chi connectivity index (χ3n) is 2.91. The van der Waals surface area contributed by atoms with Crippen molar-refractivity contribution in [2.75, 3.05) is 0 Å². The van der Waals surface area contributed by atoms with Crippen LogP contribution in [0.25, 0.3) is 11.0 Å². The maximum Gasteiger partial charge on any atom is 0.231 e. The Balaban J connectivity index is 2.16. The molecule has 1 heterocycles. The van der Waals surface area contributed by atoms with Gasteiger partial charge in [-0.2, -0.15) is 0 Å². The van der Waals surface area contributed by atoms with Crippen LogP contribution in [-0.4, -0.2) is 5.78 Å². The number of benzene rings is 2. The molecule has 2 aromatic carbocycles. The smallest absolute Gasteiger partial charge is 0.231 e. The molecule has 0 fully saturated rings. The monoisotopic (exact) mass is 324 g/mol. The van der Waals surface area contributed by atoms with Crippen molar-refractivity contribution in [3.8, 4) is 0 Å². The van der Waals surface area contributed by atoms with E-state index in [1.807, 2.05) is 6.07 Å². The molecule has 0 spiro atoms. The summed E-state index contributed by atoms with van der Waals surface area (Å²) in [6, 6.07) is 11.8. The lowest BCUT2D eigenvalue weighted by molar-refractivity contribution is 0.101. The van der Waals surface area contributed by atoms with Gasteiger partial charge >= 0.3 is 0 Å². The van der Waals surface area contributed by atoms with Crippen LogP contribution < -0.4 is 0 Å². The summed E-state index contributed by atoms with van der Waals surface area (Å²) in [7, 11) is 0. The molecule has 0 aliphatic heterocycles. The minimum Gasteiger partial charge on any atom is -0.451 e. The van der Waals surface area contributed by atoms with Crippen LogP contribution in [0, 0.1) is 0 Å². The first kappa shape index (κ1) is 13.5. The molecule has 0 radical (unpaired) electrons. The zero-order valence-corrected chi connectivity index (χ0v) is 12.3. The second-order valence-electron chi connectivity index (χ2n) is 4.19. The van der Waals surface area contributed by atoms with Crippen molar-refractivity contribution >= 4 is 51.6 Å². The lowest BCUT2D eigenvalue weighted by atomic mass is 10.1. The summed E-state index contributed by atoms with van der Waals surface area (Å²) >= 11 is 18.1. The highest BCUT2D eigenvalue weighted by Gasteiger charge is 2.20. The predicted molar refractivity (Wildman–Crippen MR) is 81.1 cm³/mol. The molecule has 0 bridgehead atoms. The van der Waals surface area contributed by atoms with Crippen LogP contribution >= 0.6 is 34.8 Å². The number of furan rings is 1. The first-order valence-corrected chi connectivity index (χ1v) is 6.88. The van der Waals surface area contributed by atoms with E-state index in [1.165, 1.54) is 0 Å². The lowest BCUT2D eigenvalue weighted by Gasteiger charge is -2.03. The SMILES string of the molecule is O=C(c1cc2cccc(Cl)c2o1)c1c(Cl)cccc1Cl. The van der Waals surface area contributed by atoms with Crippen molar-refractivity contribution in [3.05, 3.63) is 68.9 Å². The van der Waals surface area contributed by atoms with Crippen molar-refractivity contribution in [1.29, 1.82) is 0 Å². The molecule has 100 valence electrons. The number of rotatable bonds is 2. The number of hydrogen-bond acceptors (Lipinski definition) is 2. The highest BCUT2D eigenvalue weighted by atomic mass is 35.5. The van der Waals surface area contributed by atoms with Crippen molar-refractivity contribution in [2.45, 2.75) is 0 Å². The Hall–Kier alpha value is -1.48. The molecule has 0 saturated carbocycles. The van der Waals surface area contributed by atoms with E-state index in [1.54, 1.807) is 36.4 Å². The Kier molecular flexibility index (Phi) is 3.47. The average molecular weight is 326 g/mol. The van der Waals surface area contributed by atoms with Gasteiger partial charge in [-0.15, -0.1) is 0 Å². The fourth-order valence-electron chi connectivity index (χ4n) is 1.98. The van der Waals surface area contributed by atoms with Crippen LogP contribution in [0.4, 0.5) is 0 Å². The molecule has 3 rings (SSSR count). The molecule has 0 saturated heterocycles. The van der Waals surface area contributed by atoms with Crippen molar-refractivity contribution in [2.24, 2.45) is 0 Å². The van der Waals surface area contributed by atoms with Gasteiger partial charge in [0.25, 0.3) is 0 Å². The Labute approximate surface area is 129 Å². The number of ketones is 1. The standard InChI is InChI=1S/C15H7Cl3O2/c16-9-4-2-5-10(17)13(9)14(19)12-7-8-3-1-6-11(18)15(8)20-12/h1-7H. The normalized spacial score (nSPS) is 10.9. The Morgan fingerprint density at radius 2 is 1.50 bits per heavy atom. The van der Waals surface area contributed by atoms with Gasteiger partial charge in [-0.3, -0.25) is 4.79 Å². The van der Waals surface area contributed by atoms with Crippen LogP contribution in [0.5, 0.6) is 0 Å². The topological polar surface area (TPSA) is 30.2 Å². The maximum atomic E-state index is 12.5. The van der Waals surface area contributed by atoms with E-state index < -0.39 is 0 Å². The molecule has 0 aliphatic rings. The van der Waals surface area contributed by atoms with Gasteiger partial charge < -0.3 is 4.42 Å². The first-order valence-electron chi connectivity index (χ1n) is 5.74. The molecular weight excluding hydrogens is 319 g/mol. The van der Waals surface area contributed by atoms with E-state index in [0.717, 1.165) is 5.39 Å². The van der Waals surface area contributed by atoms with Crippen molar-refractivity contribution in [3.63, 3.8) is 0 Å². The van der Waals surface area contributed by atoms with Crippen LogP contribution in [0.3, 0.4) is 0 Å². The fourth-order valence-corrected chi connectivity index (χ4v) is 2.77. The van der Waals surface area contributed by atoms with Crippen molar-refractivity contribution < 1.29 is 9.21 Å². The molecule has 0 N–H and O–H groups in total. The van der Waals surface area contributed by atoms with Gasteiger partial charge in [0.15, 0.2) is 11.3 Å². The minimum absolute atomic E-state index is 0.156. The zero-order valence-electron chi connectivity index (χ0n) is 9.99. The number of fused-ring (bicyclic) bond motifs is 1. The highest BCUT2D eigenvalue weighted by Crippen LogP contribution is 2.31. The van der Waals surface area contributed by atoms with E-state index in [0.29, 0.717) is 10.6 Å². The number of carbonyl (C=O) groups is 1. The lowest BCUT2D eigenvalue weighted by Crippen LogP contribution is -2.01. The van der Waals surface area contributed by atoms with E-state index in [2.05, 4.69) is 0 Å². The van der Waals surface area contributed by atoms with E-state index in [9.17, 15) is 4.79 Å². The van der Waals surface area contributed by atoms with Gasteiger partial charge in [-0.25, -0.2) is 0 Å². The van der Waals surface area contributed by atoms with Gasteiger partial charge in [0.2, 0.25) is 5.78 Å². The quantitative estimate of drug-likeness (QED) is 0.572. The Morgan fingerprint density at radius 3 is 2.15 bits per heavy atom. The number of hydrogen-bond donors (Lipinski definition) is 0. The van der Waals surface area contributed by atoms with Crippen LogP contribution in [-0.2, 0) is 0 Å². The Bertz CT molecular complexity index is 801. The molecule has 2 nitrogen and oxygen atoms in total. The maximum absolute atomic E-state index is 12.5. The summed E-state index contributed by atoms with van der Waals surface area (Å²) in [5, 5.41) is 1.78. The summed E-state index contributed by atoms with van der Waals surface area (Å²) in [5.41, 5.74) is 0.701. The van der Waals surface area contributed by atoms with Crippen LogP contribution in [0.1, 0.15) is 16.1 Å². The summed E-state index contributed by atoms with van der Waals surface area (Å²) < 4.78 is 5.53. The minimum atomic E-state index is -0.368. The summed E-state index contributed by atoms with van der Waals surface area (Å²) in [6.45, 7) is 0. The van der Waals surface area contributed by atoms with Gasteiger partial charge in [0, 0.05) is 5.39 Å².